The Kier molecular flexibility index (Phi) is 3.39. The summed E-state index contributed by atoms with van der Waals surface area (Å²) in [6, 6.07) is 0. The van der Waals surface area contributed by atoms with Crippen LogP contribution in [0.15, 0.2) is 12.2 Å². The van der Waals surface area contributed by atoms with Gasteiger partial charge in [0.2, 0.25) is 11.8 Å². The molecule has 2 fully saturated rings. The number of nitrogens with one attached hydrogen (secondary N) is 1. The molecule has 5 nitrogen and oxygen atoms in total. The molecule has 19 heavy (non-hydrogen) atoms. The second-order valence-corrected chi connectivity index (χ2v) is 5.39. The molecule has 1 saturated carbocycles. The van der Waals surface area contributed by atoms with Gasteiger partial charge in [-0.05, 0) is 25.3 Å². The van der Waals surface area contributed by atoms with E-state index in [1.165, 1.54) is 0 Å². The van der Waals surface area contributed by atoms with E-state index in [1.54, 1.807) is 6.92 Å². The molecule has 0 aromatic heterocycles. The van der Waals surface area contributed by atoms with Crippen LogP contribution < -0.4 is 5.32 Å². The number of rotatable bonds is 2. The number of carbonyl (C=O) groups is 4. The highest BCUT2D eigenvalue weighted by atomic mass is 16.2. The molecule has 2 rings (SSSR count). The Hall–Kier alpha value is -1.78. The first kappa shape index (κ1) is 13.6. The molecule has 2 aliphatic rings. The van der Waals surface area contributed by atoms with Gasteiger partial charge in [-0.15, -0.1) is 0 Å². The Bertz CT molecular complexity index is 494. The zero-order chi connectivity index (χ0) is 14.2. The summed E-state index contributed by atoms with van der Waals surface area (Å²) in [5.74, 6) is -2.39. The maximum Gasteiger partial charge on any atom is 0.241 e. The summed E-state index contributed by atoms with van der Waals surface area (Å²) < 4.78 is 0. The zero-order valence-corrected chi connectivity index (χ0v) is 11.0. The van der Waals surface area contributed by atoms with Crippen LogP contribution in [0.25, 0.3) is 0 Å². The number of hydrogen-bond donors (Lipinski definition) is 1. The number of imide groups is 1. The van der Waals surface area contributed by atoms with Crippen molar-refractivity contribution in [3.63, 3.8) is 0 Å². The van der Waals surface area contributed by atoms with Gasteiger partial charge in [-0.2, -0.15) is 0 Å². The molecule has 2 amide bonds. The average molecular weight is 263 g/mol. The highest BCUT2D eigenvalue weighted by Crippen LogP contribution is 2.44. The maximum absolute atomic E-state index is 12.3. The van der Waals surface area contributed by atoms with Crippen LogP contribution in [0.5, 0.6) is 0 Å². The minimum Gasteiger partial charge on any atom is -0.298 e. The number of allylic oxidation sites excluding steroid dienone is 1. The van der Waals surface area contributed by atoms with Gasteiger partial charge in [0, 0.05) is 18.8 Å². The summed E-state index contributed by atoms with van der Waals surface area (Å²) in [5.41, 5.74) is -1.16. The van der Waals surface area contributed by atoms with E-state index in [4.69, 9.17) is 0 Å². The van der Waals surface area contributed by atoms with E-state index in [-0.39, 0.29) is 24.4 Å². The lowest BCUT2D eigenvalue weighted by Gasteiger charge is -2.30. The second-order valence-electron chi connectivity index (χ2n) is 5.39. The van der Waals surface area contributed by atoms with Crippen molar-refractivity contribution in [1.82, 2.24) is 5.32 Å². The quantitative estimate of drug-likeness (QED) is 0.456. The molecule has 1 saturated heterocycles. The van der Waals surface area contributed by atoms with E-state index in [0.29, 0.717) is 24.8 Å². The molecule has 2 unspecified atom stereocenters. The number of amides is 2. The Morgan fingerprint density at radius 1 is 1.32 bits per heavy atom. The van der Waals surface area contributed by atoms with E-state index < -0.39 is 23.1 Å². The molecule has 2 atom stereocenters. The first-order chi connectivity index (χ1) is 8.89. The third kappa shape index (κ3) is 2.03. The number of hydrogen-bond acceptors (Lipinski definition) is 4. The van der Waals surface area contributed by atoms with Crippen molar-refractivity contribution in [2.45, 2.75) is 39.0 Å². The summed E-state index contributed by atoms with van der Waals surface area (Å²) in [5, 5.41) is 2.18. The smallest absolute Gasteiger partial charge is 0.241 e. The molecular formula is C14H17NO4. The van der Waals surface area contributed by atoms with Crippen molar-refractivity contribution in [3.05, 3.63) is 12.2 Å². The Balaban J connectivity index is 2.51. The predicted octanol–water partition coefficient (Wildman–Crippen LogP) is 0.924. The molecule has 1 aliphatic heterocycles. The van der Waals surface area contributed by atoms with Crippen molar-refractivity contribution in [2.24, 2.45) is 11.3 Å². The third-order valence-electron chi connectivity index (χ3n) is 4.07. The largest absolute Gasteiger partial charge is 0.298 e. The summed E-state index contributed by atoms with van der Waals surface area (Å²) in [6.07, 6.45) is 1.87. The van der Waals surface area contributed by atoms with E-state index in [0.717, 1.165) is 0 Å². The van der Waals surface area contributed by atoms with Crippen molar-refractivity contribution >= 4 is 23.4 Å². The highest BCUT2D eigenvalue weighted by molar-refractivity contribution is 6.21. The summed E-state index contributed by atoms with van der Waals surface area (Å²) in [7, 11) is 0. The minimum atomic E-state index is -1.48. The van der Waals surface area contributed by atoms with Crippen molar-refractivity contribution in [3.8, 4) is 0 Å². The van der Waals surface area contributed by atoms with Gasteiger partial charge < -0.3 is 0 Å². The van der Waals surface area contributed by atoms with Gasteiger partial charge in [-0.3, -0.25) is 24.5 Å². The van der Waals surface area contributed by atoms with Crippen LogP contribution in [-0.2, 0) is 19.2 Å². The Labute approximate surface area is 111 Å². The Morgan fingerprint density at radius 3 is 2.53 bits per heavy atom. The maximum atomic E-state index is 12.3. The monoisotopic (exact) mass is 263 g/mol. The summed E-state index contributed by atoms with van der Waals surface area (Å²) >= 11 is 0. The molecule has 0 bridgehead atoms. The molecule has 0 aromatic rings. The fourth-order valence-electron chi connectivity index (χ4n) is 3.07. The van der Waals surface area contributed by atoms with Crippen LogP contribution in [0.4, 0.5) is 0 Å². The van der Waals surface area contributed by atoms with E-state index in [1.807, 2.05) is 0 Å². The highest BCUT2D eigenvalue weighted by Gasteiger charge is 2.59. The van der Waals surface area contributed by atoms with Crippen LogP contribution in [0.2, 0.25) is 0 Å². The third-order valence-corrected chi connectivity index (χ3v) is 4.07. The summed E-state index contributed by atoms with van der Waals surface area (Å²) in [6.45, 7) is 5.18. The predicted molar refractivity (Wildman–Crippen MR) is 67.0 cm³/mol. The van der Waals surface area contributed by atoms with Gasteiger partial charge in [0.1, 0.15) is 11.2 Å². The van der Waals surface area contributed by atoms with Gasteiger partial charge in [-0.25, -0.2) is 0 Å². The number of ketones is 2. The van der Waals surface area contributed by atoms with Crippen LogP contribution in [0, 0.1) is 11.3 Å². The molecule has 0 aromatic carbocycles. The lowest BCUT2D eigenvalue weighted by Crippen LogP contribution is -2.47. The average Bonchev–Trinajstić information content (AvgIpc) is 2.53. The first-order valence-corrected chi connectivity index (χ1v) is 6.47. The first-order valence-electron chi connectivity index (χ1n) is 6.47. The topological polar surface area (TPSA) is 80.3 Å². The number of carbonyl (C=O) groups excluding carboxylic acids is 4. The van der Waals surface area contributed by atoms with Crippen molar-refractivity contribution < 1.29 is 19.2 Å². The molecule has 1 N–H and O–H groups in total. The molecule has 0 radical (unpaired) electrons. The van der Waals surface area contributed by atoms with Gasteiger partial charge in [-0.1, -0.05) is 13.0 Å². The van der Waals surface area contributed by atoms with Crippen molar-refractivity contribution in [2.75, 3.05) is 0 Å². The van der Waals surface area contributed by atoms with Gasteiger partial charge in [0.25, 0.3) is 0 Å². The van der Waals surface area contributed by atoms with E-state index in [2.05, 4.69) is 11.9 Å². The van der Waals surface area contributed by atoms with Gasteiger partial charge in [0.15, 0.2) is 5.78 Å². The van der Waals surface area contributed by atoms with Crippen LogP contribution in [0.3, 0.4) is 0 Å². The standard InChI is InChI=1S/C14H17NO4/c1-8(2)12(18)9-5-3-4-6-10(16)14(9)7-11(17)15-13(14)19/h9H,1,3-7H2,2H3,(H,15,17,19). The Morgan fingerprint density at radius 2 is 2.00 bits per heavy atom. The number of Topliss-reactive ketones (excluding diaryl/α,β-unsaturated/α-hetero) is 2. The molecular weight excluding hydrogens is 246 g/mol. The van der Waals surface area contributed by atoms with E-state index in [9.17, 15) is 19.2 Å². The van der Waals surface area contributed by atoms with E-state index >= 15 is 0 Å². The normalized spacial score (nSPS) is 31.2. The molecule has 102 valence electrons. The minimum absolute atomic E-state index is 0.200. The zero-order valence-electron chi connectivity index (χ0n) is 11.0. The molecule has 1 spiro atoms. The van der Waals surface area contributed by atoms with Crippen molar-refractivity contribution in [1.29, 1.82) is 0 Å². The van der Waals surface area contributed by atoms with Crippen LogP contribution in [0.1, 0.15) is 39.0 Å². The van der Waals surface area contributed by atoms with Gasteiger partial charge >= 0.3 is 0 Å². The van der Waals surface area contributed by atoms with Gasteiger partial charge in [0.05, 0.1) is 0 Å². The SMILES string of the molecule is C=C(C)C(=O)C1CCCCC(=O)C12CC(=O)NC2=O. The summed E-state index contributed by atoms with van der Waals surface area (Å²) in [4.78, 5) is 48.2. The molecule has 1 aliphatic carbocycles. The van der Waals surface area contributed by atoms with Crippen LogP contribution >= 0.6 is 0 Å². The fourth-order valence-corrected chi connectivity index (χ4v) is 3.07. The van der Waals surface area contributed by atoms with Crippen LogP contribution in [-0.4, -0.2) is 23.4 Å². The lowest BCUT2D eigenvalue weighted by atomic mass is 9.67. The molecule has 5 heteroatoms. The lowest BCUT2D eigenvalue weighted by molar-refractivity contribution is -0.147. The fraction of sp³-hybridized carbons (Fsp3) is 0.571. The molecule has 1 heterocycles. The second kappa shape index (κ2) is 4.72.